The molecule has 1 aromatic heterocycles. The maximum Gasteiger partial charge on any atom is 0.126 e. The Balaban J connectivity index is 2.76. The van der Waals surface area contributed by atoms with Gasteiger partial charge in [0.25, 0.3) is 0 Å². The van der Waals surface area contributed by atoms with Crippen LogP contribution in [0.5, 0.6) is 0 Å². The van der Waals surface area contributed by atoms with E-state index in [9.17, 15) is 0 Å². The SMILES string of the molecule is CCNc1ccc(Cl)c(CN(CCO)CCO)n1. The van der Waals surface area contributed by atoms with Gasteiger partial charge < -0.3 is 15.5 Å². The molecule has 5 nitrogen and oxygen atoms in total. The molecule has 0 amide bonds. The highest BCUT2D eigenvalue weighted by Crippen LogP contribution is 2.18. The van der Waals surface area contributed by atoms with Gasteiger partial charge in [0.05, 0.1) is 23.9 Å². The molecule has 0 aliphatic carbocycles. The second kappa shape index (κ2) is 8.26. The summed E-state index contributed by atoms with van der Waals surface area (Å²) >= 11 is 6.10. The van der Waals surface area contributed by atoms with Gasteiger partial charge in [-0.25, -0.2) is 4.98 Å². The molecule has 0 saturated heterocycles. The van der Waals surface area contributed by atoms with Crippen molar-refractivity contribution < 1.29 is 10.2 Å². The van der Waals surface area contributed by atoms with Gasteiger partial charge in [0, 0.05) is 26.2 Å². The van der Waals surface area contributed by atoms with Crippen LogP contribution in [0.15, 0.2) is 12.1 Å². The lowest BCUT2D eigenvalue weighted by Crippen LogP contribution is -2.30. The summed E-state index contributed by atoms with van der Waals surface area (Å²) in [5.74, 6) is 0.782. The summed E-state index contributed by atoms with van der Waals surface area (Å²) < 4.78 is 0. The van der Waals surface area contributed by atoms with E-state index in [1.165, 1.54) is 0 Å². The zero-order valence-electron chi connectivity index (χ0n) is 10.6. The van der Waals surface area contributed by atoms with Crippen molar-refractivity contribution in [3.8, 4) is 0 Å². The zero-order chi connectivity index (χ0) is 13.4. The molecule has 6 heteroatoms. The highest BCUT2D eigenvalue weighted by molar-refractivity contribution is 6.31. The van der Waals surface area contributed by atoms with Crippen LogP contribution in [0, 0.1) is 0 Å². The summed E-state index contributed by atoms with van der Waals surface area (Å²) in [5, 5.41) is 21.6. The van der Waals surface area contributed by atoms with Crippen LogP contribution in [0.3, 0.4) is 0 Å². The van der Waals surface area contributed by atoms with Crippen molar-refractivity contribution in [3.05, 3.63) is 22.8 Å². The molecule has 0 spiro atoms. The van der Waals surface area contributed by atoms with Crippen molar-refractivity contribution in [1.29, 1.82) is 0 Å². The van der Waals surface area contributed by atoms with Crippen LogP contribution in [0.25, 0.3) is 0 Å². The number of hydrogen-bond acceptors (Lipinski definition) is 5. The first-order valence-corrected chi connectivity index (χ1v) is 6.42. The molecule has 0 radical (unpaired) electrons. The predicted molar refractivity (Wildman–Crippen MR) is 72.9 cm³/mol. The molecule has 0 aliphatic rings. The van der Waals surface area contributed by atoms with E-state index in [2.05, 4.69) is 10.3 Å². The number of aliphatic hydroxyl groups excluding tert-OH is 2. The van der Waals surface area contributed by atoms with Gasteiger partial charge in [0.15, 0.2) is 0 Å². The standard InChI is InChI=1S/C12H20ClN3O2/c1-2-14-12-4-3-10(13)11(15-12)9-16(5-7-17)6-8-18/h3-4,17-18H,2,5-9H2,1H3,(H,14,15). The zero-order valence-corrected chi connectivity index (χ0v) is 11.3. The maximum absolute atomic E-state index is 8.96. The van der Waals surface area contributed by atoms with E-state index in [4.69, 9.17) is 21.8 Å². The lowest BCUT2D eigenvalue weighted by atomic mass is 10.3. The average molecular weight is 274 g/mol. The molecule has 0 unspecified atom stereocenters. The lowest BCUT2D eigenvalue weighted by Gasteiger charge is -2.20. The van der Waals surface area contributed by atoms with Crippen molar-refractivity contribution in [2.24, 2.45) is 0 Å². The fraction of sp³-hybridized carbons (Fsp3) is 0.583. The van der Waals surface area contributed by atoms with Crippen LogP contribution in [-0.4, -0.2) is 52.9 Å². The molecule has 0 atom stereocenters. The Morgan fingerprint density at radius 1 is 1.28 bits per heavy atom. The number of hydrogen-bond donors (Lipinski definition) is 3. The average Bonchev–Trinajstić information content (AvgIpc) is 2.34. The molecule has 18 heavy (non-hydrogen) atoms. The van der Waals surface area contributed by atoms with E-state index >= 15 is 0 Å². The smallest absolute Gasteiger partial charge is 0.126 e. The normalized spacial score (nSPS) is 10.9. The molecular formula is C12H20ClN3O2. The molecule has 0 aliphatic heterocycles. The third-order valence-electron chi connectivity index (χ3n) is 2.48. The van der Waals surface area contributed by atoms with Crippen molar-refractivity contribution in [2.45, 2.75) is 13.5 Å². The number of pyridine rings is 1. The van der Waals surface area contributed by atoms with Gasteiger partial charge in [-0.05, 0) is 19.1 Å². The molecule has 3 N–H and O–H groups in total. The largest absolute Gasteiger partial charge is 0.395 e. The number of nitrogens with zero attached hydrogens (tertiary/aromatic N) is 2. The monoisotopic (exact) mass is 273 g/mol. The number of aliphatic hydroxyl groups is 2. The van der Waals surface area contributed by atoms with E-state index in [1.807, 2.05) is 17.9 Å². The first-order valence-electron chi connectivity index (χ1n) is 6.04. The van der Waals surface area contributed by atoms with E-state index in [-0.39, 0.29) is 13.2 Å². The Morgan fingerprint density at radius 2 is 1.94 bits per heavy atom. The van der Waals surface area contributed by atoms with E-state index in [1.54, 1.807) is 6.07 Å². The van der Waals surface area contributed by atoms with Crippen LogP contribution >= 0.6 is 11.6 Å². The van der Waals surface area contributed by atoms with Gasteiger partial charge in [-0.15, -0.1) is 0 Å². The van der Waals surface area contributed by atoms with Crippen LogP contribution in [0.2, 0.25) is 5.02 Å². The van der Waals surface area contributed by atoms with E-state index in [0.717, 1.165) is 18.1 Å². The van der Waals surface area contributed by atoms with Crippen molar-refractivity contribution in [3.63, 3.8) is 0 Å². The Bertz CT molecular complexity index is 357. The van der Waals surface area contributed by atoms with Crippen molar-refractivity contribution >= 4 is 17.4 Å². The Kier molecular flexibility index (Phi) is 6.97. The number of nitrogens with one attached hydrogen (secondary N) is 1. The minimum Gasteiger partial charge on any atom is -0.395 e. The molecule has 1 aromatic rings. The van der Waals surface area contributed by atoms with Crippen LogP contribution < -0.4 is 5.32 Å². The van der Waals surface area contributed by atoms with Gasteiger partial charge in [0.1, 0.15) is 5.82 Å². The molecule has 0 saturated carbocycles. The van der Waals surface area contributed by atoms with Crippen LogP contribution in [0.1, 0.15) is 12.6 Å². The summed E-state index contributed by atoms with van der Waals surface area (Å²) in [6.45, 7) is 4.38. The maximum atomic E-state index is 8.96. The van der Waals surface area contributed by atoms with Gasteiger partial charge in [-0.1, -0.05) is 11.6 Å². The molecular weight excluding hydrogens is 254 g/mol. The van der Waals surface area contributed by atoms with Gasteiger partial charge in [0.2, 0.25) is 0 Å². The van der Waals surface area contributed by atoms with Crippen LogP contribution in [0.4, 0.5) is 5.82 Å². The van der Waals surface area contributed by atoms with E-state index < -0.39 is 0 Å². The van der Waals surface area contributed by atoms with Gasteiger partial charge >= 0.3 is 0 Å². The minimum absolute atomic E-state index is 0.0462. The quantitative estimate of drug-likeness (QED) is 0.658. The minimum atomic E-state index is 0.0462. The Morgan fingerprint density at radius 3 is 2.50 bits per heavy atom. The predicted octanol–water partition coefficient (Wildman–Crippen LogP) is 0.953. The first-order chi connectivity index (χ1) is 8.71. The topological polar surface area (TPSA) is 68.6 Å². The second-order valence-electron chi connectivity index (χ2n) is 3.88. The highest BCUT2D eigenvalue weighted by Gasteiger charge is 2.10. The van der Waals surface area contributed by atoms with Gasteiger partial charge in [-0.3, -0.25) is 4.90 Å². The highest BCUT2D eigenvalue weighted by atomic mass is 35.5. The number of anilines is 1. The number of halogens is 1. The molecule has 0 bridgehead atoms. The summed E-state index contributed by atoms with van der Waals surface area (Å²) in [7, 11) is 0. The van der Waals surface area contributed by atoms with Crippen molar-refractivity contribution in [1.82, 2.24) is 9.88 Å². The molecule has 0 fully saturated rings. The summed E-state index contributed by atoms with van der Waals surface area (Å²) in [5.41, 5.74) is 0.747. The fourth-order valence-electron chi connectivity index (χ4n) is 1.64. The van der Waals surface area contributed by atoms with Crippen LogP contribution in [-0.2, 0) is 6.54 Å². The fourth-order valence-corrected chi connectivity index (χ4v) is 1.80. The molecule has 1 heterocycles. The third-order valence-corrected chi connectivity index (χ3v) is 2.83. The number of aromatic nitrogens is 1. The Hall–Kier alpha value is -0.880. The summed E-state index contributed by atoms with van der Waals surface area (Å²) in [4.78, 5) is 6.33. The lowest BCUT2D eigenvalue weighted by molar-refractivity contribution is 0.155. The summed E-state index contributed by atoms with van der Waals surface area (Å²) in [6.07, 6.45) is 0. The summed E-state index contributed by atoms with van der Waals surface area (Å²) in [6, 6.07) is 3.63. The molecule has 0 aromatic carbocycles. The number of rotatable bonds is 8. The second-order valence-corrected chi connectivity index (χ2v) is 4.29. The van der Waals surface area contributed by atoms with E-state index in [0.29, 0.717) is 24.7 Å². The van der Waals surface area contributed by atoms with Gasteiger partial charge in [-0.2, -0.15) is 0 Å². The Labute approximate surface area is 112 Å². The van der Waals surface area contributed by atoms with Crippen molar-refractivity contribution in [2.75, 3.05) is 38.2 Å². The first kappa shape index (κ1) is 15.2. The molecule has 1 rings (SSSR count). The third kappa shape index (κ3) is 4.78. The molecule has 102 valence electrons.